The molecule has 0 amide bonds. The summed E-state index contributed by atoms with van der Waals surface area (Å²) in [7, 11) is 0. The van der Waals surface area contributed by atoms with Gasteiger partial charge in [0.15, 0.2) is 0 Å². The Bertz CT molecular complexity index is 685. The van der Waals surface area contributed by atoms with Crippen molar-refractivity contribution in [2.75, 3.05) is 11.4 Å². The van der Waals surface area contributed by atoms with Crippen LogP contribution in [0.2, 0.25) is 0 Å². The molecule has 0 aliphatic carbocycles. The molecule has 108 valence electrons. The Labute approximate surface area is 123 Å². The van der Waals surface area contributed by atoms with Gasteiger partial charge in [-0.3, -0.25) is 4.79 Å². The summed E-state index contributed by atoms with van der Waals surface area (Å²) in [5.74, 6) is 1.35. The molecule has 5 heteroatoms. The van der Waals surface area contributed by atoms with E-state index in [4.69, 9.17) is 5.26 Å². The smallest absolute Gasteiger partial charge is 0.253 e. The van der Waals surface area contributed by atoms with Crippen molar-refractivity contribution in [3.63, 3.8) is 0 Å². The molecule has 1 N–H and O–H groups in total. The summed E-state index contributed by atoms with van der Waals surface area (Å²) in [5.41, 5.74) is 0.738. The molecular weight excluding hydrogens is 264 g/mol. The maximum absolute atomic E-state index is 11.8. The van der Waals surface area contributed by atoms with Crippen LogP contribution in [0.5, 0.6) is 0 Å². The van der Waals surface area contributed by atoms with Gasteiger partial charge in [0.1, 0.15) is 11.6 Å². The van der Waals surface area contributed by atoms with Gasteiger partial charge in [0, 0.05) is 24.2 Å². The molecule has 0 saturated heterocycles. The number of H-pyrrole nitrogens is 1. The molecule has 0 spiro atoms. The molecule has 5 nitrogen and oxygen atoms in total. The molecule has 1 heterocycles. The first-order valence-corrected chi connectivity index (χ1v) is 6.92. The lowest BCUT2D eigenvalue weighted by molar-refractivity contribution is 0.759. The van der Waals surface area contributed by atoms with Crippen LogP contribution in [0.15, 0.2) is 41.2 Å². The zero-order chi connectivity index (χ0) is 15.2. The van der Waals surface area contributed by atoms with Gasteiger partial charge in [-0.05, 0) is 12.1 Å². The van der Waals surface area contributed by atoms with Crippen molar-refractivity contribution in [3.05, 3.63) is 52.6 Å². The Morgan fingerprint density at radius 1 is 1.33 bits per heavy atom. The van der Waals surface area contributed by atoms with E-state index in [1.165, 1.54) is 6.07 Å². The van der Waals surface area contributed by atoms with Gasteiger partial charge in [-0.25, -0.2) is 4.98 Å². The van der Waals surface area contributed by atoms with Crippen molar-refractivity contribution in [3.8, 4) is 6.07 Å². The van der Waals surface area contributed by atoms with E-state index in [2.05, 4.69) is 16.0 Å². The maximum Gasteiger partial charge on any atom is 0.253 e. The number of aromatic amines is 1. The van der Waals surface area contributed by atoms with Crippen LogP contribution in [0.1, 0.15) is 32.0 Å². The molecule has 0 unspecified atom stereocenters. The molecule has 2 aromatic rings. The Hall–Kier alpha value is -2.61. The normalized spacial score (nSPS) is 10.4. The number of nitrogens with one attached hydrogen (secondary N) is 1. The first-order valence-electron chi connectivity index (χ1n) is 6.92. The SMILES string of the molecule is CC(C)c1nc(N(CCC#N)c2ccccc2)cc(=O)[nH]1. The lowest BCUT2D eigenvalue weighted by Crippen LogP contribution is -2.23. The summed E-state index contributed by atoms with van der Waals surface area (Å²) in [4.78, 5) is 21.0. The average molecular weight is 282 g/mol. The molecule has 0 bridgehead atoms. The van der Waals surface area contributed by atoms with Crippen LogP contribution in [0, 0.1) is 11.3 Å². The highest BCUT2D eigenvalue weighted by atomic mass is 16.1. The van der Waals surface area contributed by atoms with Gasteiger partial charge in [-0.1, -0.05) is 32.0 Å². The van der Waals surface area contributed by atoms with E-state index < -0.39 is 0 Å². The average Bonchev–Trinajstić information content (AvgIpc) is 2.48. The van der Waals surface area contributed by atoms with Crippen LogP contribution in [0.3, 0.4) is 0 Å². The molecule has 1 aromatic heterocycles. The molecule has 0 aliphatic rings. The summed E-state index contributed by atoms with van der Waals surface area (Å²) in [6.07, 6.45) is 0.361. The summed E-state index contributed by atoms with van der Waals surface area (Å²) < 4.78 is 0. The highest BCUT2D eigenvalue weighted by molar-refractivity contribution is 5.59. The second-order valence-electron chi connectivity index (χ2n) is 5.04. The van der Waals surface area contributed by atoms with E-state index in [9.17, 15) is 4.79 Å². The number of anilines is 2. The molecule has 0 fully saturated rings. The van der Waals surface area contributed by atoms with Gasteiger partial charge >= 0.3 is 0 Å². The molecular formula is C16H18N4O. The number of benzene rings is 1. The van der Waals surface area contributed by atoms with Crippen molar-refractivity contribution in [2.45, 2.75) is 26.2 Å². The summed E-state index contributed by atoms with van der Waals surface area (Å²) in [6, 6.07) is 13.3. The lowest BCUT2D eigenvalue weighted by Gasteiger charge is -2.23. The van der Waals surface area contributed by atoms with Crippen molar-refractivity contribution in [1.82, 2.24) is 9.97 Å². The number of rotatable bonds is 5. The van der Waals surface area contributed by atoms with Crippen molar-refractivity contribution < 1.29 is 0 Å². The Kier molecular flexibility index (Phi) is 4.72. The fourth-order valence-electron chi connectivity index (χ4n) is 2.02. The third kappa shape index (κ3) is 3.69. The highest BCUT2D eigenvalue weighted by Crippen LogP contribution is 2.23. The third-order valence-electron chi connectivity index (χ3n) is 3.08. The minimum Gasteiger partial charge on any atom is -0.325 e. The molecule has 0 radical (unpaired) electrons. The number of hydrogen-bond donors (Lipinski definition) is 1. The zero-order valence-corrected chi connectivity index (χ0v) is 12.2. The van der Waals surface area contributed by atoms with Gasteiger partial charge in [0.25, 0.3) is 5.56 Å². The molecule has 0 atom stereocenters. The number of para-hydroxylation sites is 1. The Morgan fingerprint density at radius 2 is 2.05 bits per heavy atom. The second kappa shape index (κ2) is 6.71. The maximum atomic E-state index is 11.8. The fraction of sp³-hybridized carbons (Fsp3) is 0.312. The first-order chi connectivity index (χ1) is 10.1. The topological polar surface area (TPSA) is 72.8 Å². The molecule has 0 saturated carbocycles. The van der Waals surface area contributed by atoms with E-state index in [1.807, 2.05) is 49.1 Å². The standard InChI is InChI=1S/C16H18N4O/c1-12(2)16-18-14(11-15(21)19-16)20(10-6-9-17)13-7-4-3-5-8-13/h3-5,7-8,11-12H,6,10H2,1-2H3,(H,18,19,21). The summed E-state index contributed by atoms with van der Waals surface area (Å²) in [6.45, 7) is 4.45. The van der Waals surface area contributed by atoms with Gasteiger partial charge in [-0.15, -0.1) is 0 Å². The van der Waals surface area contributed by atoms with Crippen molar-refractivity contribution in [1.29, 1.82) is 5.26 Å². The number of aromatic nitrogens is 2. The molecule has 2 rings (SSSR count). The summed E-state index contributed by atoms with van der Waals surface area (Å²) in [5, 5.41) is 8.84. The fourth-order valence-corrected chi connectivity index (χ4v) is 2.02. The largest absolute Gasteiger partial charge is 0.325 e. The first kappa shape index (κ1) is 14.8. The molecule has 1 aromatic carbocycles. The van der Waals surface area contributed by atoms with Crippen LogP contribution in [-0.2, 0) is 0 Å². The van der Waals surface area contributed by atoms with Crippen molar-refractivity contribution in [2.24, 2.45) is 0 Å². The molecule has 21 heavy (non-hydrogen) atoms. The quantitative estimate of drug-likeness (QED) is 0.915. The van der Waals surface area contributed by atoms with Crippen LogP contribution in [0.25, 0.3) is 0 Å². The van der Waals surface area contributed by atoms with Crippen molar-refractivity contribution >= 4 is 11.5 Å². The van der Waals surface area contributed by atoms with Crippen LogP contribution in [0.4, 0.5) is 11.5 Å². The monoisotopic (exact) mass is 282 g/mol. The van der Waals surface area contributed by atoms with E-state index >= 15 is 0 Å². The molecule has 0 aliphatic heterocycles. The van der Waals surface area contributed by atoms with E-state index in [1.54, 1.807) is 0 Å². The second-order valence-corrected chi connectivity index (χ2v) is 5.04. The highest BCUT2D eigenvalue weighted by Gasteiger charge is 2.13. The zero-order valence-electron chi connectivity index (χ0n) is 12.2. The number of nitriles is 1. The van der Waals surface area contributed by atoms with Crippen LogP contribution < -0.4 is 10.5 Å². The minimum atomic E-state index is -0.179. The van der Waals surface area contributed by atoms with Gasteiger partial charge < -0.3 is 9.88 Å². The Balaban J connectivity index is 2.46. The van der Waals surface area contributed by atoms with E-state index in [-0.39, 0.29) is 11.5 Å². The predicted molar refractivity (Wildman–Crippen MR) is 82.6 cm³/mol. The summed E-state index contributed by atoms with van der Waals surface area (Å²) >= 11 is 0. The van der Waals surface area contributed by atoms with E-state index in [0.29, 0.717) is 24.6 Å². The van der Waals surface area contributed by atoms with Gasteiger partial charge in [0.05, 0.1) is 12.5 Å². The lowest BCUT2D eigenvalue weighted by atomic mass is 10.2. The van der Waals surface area contributed by atoms with Crippen LogP contribution in [-0.4, -0.2) is 16.5 Å². The minimum absolute atomic E-state index is 0.131. The van der Waals surface area contributed by atoms with E-state index in [0.717, 1.165) is 5.69 Å². The van der Waals surface area contributed by atoms with Gasteiger partial charge in [-0.2, -0.15) is 5.26 Å². The third-order valence-corrected chi connectivity index (χ3v) is 3.08. The van der Waals surface area contributed by atoms with Gasteiger partial charge in [0.2, 0.25) is 0 Å². The van der Waals surface area contributed by atoms with Crippen LogP contribution >= 0.6 is 0 Å². The number of nitrogens with zero attached hydrogens (tertiary/aromatic N) is 3. The predicted octanol–water partition coefficient (Wildman–Crippen LogP) is 2.95. The number of hydrogen-bond acceptors (Lipinski definition) is 4. The Morgan fingerprint density at radius 3 is 2.67 bits per heavy atom.